The van der Waals surface area contributed by atoms with E-state index in [9.17, 15) is 0 Å². The molecule has 1 aromatic rings. The predicted molar refractivity (Wildman–Crippen MR) is 59.9 cm³/mol. The molecule has 0 fully saturated rings. The lowest BCUT2D eigenvalue weighted by molar-refractivity contribution is 0.657. The van der Waals surface area contributed by atoms with Gasteiger partial charge in [-0.1, -0.05) is 0 Å². The SMILES string of the molecule is C#CCCCNCc1ccn(CC)c1. The smallest absolute Gasteiger partial charge is 0.0220 e. The summed E-state index contributed by atoms with van der Waals surface area (Å²) in [5, 5.41) is 3.37. The van der Waals surface area contributed by atoms with Crippen LogP contribution in [0.2, 0.25) is 0 Å². The average molecular weight is 190 g/mol. The van der Waals surface area contributed by atoms with Gasteiger partial charge < -0.3 is 9.88 Å². The van der Waals surface area contributed by atoms with E-state index in [0.29, 0.717) is 0 Å². The first kappa shape index (κ1) is 10.9. The van der Waals surface area contributed by atoms with E-state index in [4.69, 9.17) is 6.42 Å². The highest BCUT2D eigenvalue weighted by Crippen LogP contribution is 2.00. The Kier molecular flexibility index (Phi) is 4.88. The Morgan fingerprint density at radius 1 is 1.57 bits per heavy atom. The molecule has 0 spiro atoms. The molecule has 76 valence electrons. The summed E-state index contributed by atoms with van der Waals surface area (Å²) in [4.78, 5) is 0. The van der Waals surface area contributed by atoms with Gasteiger partial charge in [0.1, 0.15) is 0 Å². The normalized spacial score (nSPS) is 10.0. The second-order valence-electron chi connectivity index (χ2n) is 3.33. The average Bonchev–Trinajstić information content (AvgIpc) is 2.65. The quantitative estimate of drug-likeness (QED) is 0.536. The molecule has 0 bridgehead atoms. The number of nitrogens with one attached hydrogen (secondary N) is 1. The van der Waals surface area contributed by atoms with Crippen molar-refractivity contribution < 1.29 is 0 Å². The van der Waals surface area contributed by atoms with E-state index in [1.54, 1.807) is 0 Å². The van der Waals surface area contributed by atoms with Gasteiger partial charge in [-0.25, -0.2) is 0 Å². The van der Waals surface area contributed by atoms with Crippen molar-refractivity contribution in [3.8, 4) is 12.3 Å². The van der Waals surface area contributed by atoms with Gasteiger partial charge in [0.2, 0.25) is 0 Å². The maximum Gasteiger partial charge on any atom is 0.0220 e. The maximum atomic E-state index is 5.16. The van der Waals surface area contributed by atoms with Crippen molar-refractivity contribution in [2.24, 2.45) is 0 Å². The Morgan fingerprint density at radius 2 is 2.43 bits per heavy atom. The molecule has 14 heavy (non-hydrogen) atoms. The molecule has 2 heteroatoms. The van der Waals surface area contributed by atoms with Crippen molar-refractivity contribution in [3.05, 3.63) is 24.0 Å². The Bertz CT molecular complexity index is 294. The van der Waals surface area contributed by atoms with Crippen molar-refractivity contribution in [1.82, 2.24) is 9.88 Å². The Hall–Kier alpha value is -1.20. The summed E-state index contributed by atoms with van der Waals surface area (Å²) < 4.78 is 2.18. The summed E-state index contributed by atoms with van der Waals surface area (Å²) in [5.41, 5.74) is 1.34. The molecular weight excluding hydrogens is 172 g/mol. The van der Waals surface area contributed by atoms with Crippen LogP contribution >= 0.6 is 0 Å². The molecule has 2 nitrogen and oxygen atoms in total. The molecule has 0 aliphatic heterocycles. The van der Waals surface area contributed by atoms with Gasteiger partial charge in [-0.2, -0.15) is 0 Å². The first-order valence-electron chi connectivity index (χ1n) is 5.15. The molecule has 0 aliphatic rings. The number of hydrogen-bond donors (Lipinski definition) is 1. The van der Waals surface area contributed by atoms with E-state index in [1.165, 1.54) is 5.56 Å². The first-order valence-corrected chi connectivity index (χ1v) is 5.15. The Labute approximate surface area is 86.3 Å². The lowest BCUT2D eigenvalue weighted by Gasteiger charge is -2.00. The number of unbranched alkanes of at least 4 members (excludes halogenated alkanes) is 1. The topological polar surface area (TPSA) is 17.0 Å². The predicted octanol–water partition coefficient (Wildman–Crippen LogP) is 2.01. The van der Waals surface area contributed by atoms with E-state index < -0.39 is 0 Å². The van der Waals surface area contributed by atoms with Crippen molar-refractivity contribution in [2.75, 3.05) is 6.54 Å². The molecule has 0 radical (unpaired) electrons. The third-order valence-corrected chi connectivity index (χ3v) is 2.18. The molecule has 0 atom stereocenters. The monoisotopic (exact) mass is 190 g/mol. The zero-order chi connectivity index (χ0) is 10.2. The third-order valence-electron chi connectivity index (χ3n) is 2.18. The molecule has 1 aromatic heterocycles. The molecular formula is C12H18N2. The number of rotatable bonds is 6. The molecule has 0 aliphatic carbocycles. The van der Waals surface area contributed by atoms with Gasteiger partial charge in [-0.15, -0.1) is 12.3 Å². The van der Waals surface area contributed by atoms with E-state index >= 15 is 0 Å². The highest BCUT2D eigenvalue weighted by molar-refractivity contribution is 5.09. The van der Waals surface area contributed by atoms with Crippen LogP contribution in [0.15, 0.2) is 18.5 Å². The lowest BCUT2D eigenvalue weighted by Crippen LogP contribution is -2.14. The zero-order valence-electron chi connectivity index (χ0n) is 8.79. The van der Waals surface area contributed by atoms with Crippen molar-refractivity contribution in [3.63, 3.8) is 0 Å². The van der Waals surface area contributed by atoms with Crippen LogP contribution in [0.1, 0.15) is 25.3 Å². The fourth-order valence-electron chi connectivity index (χ4n) is 1.34. The minimum absolute atomic E-state index is 0.864. The molecule has 1 heterocycles. The molecule has 1 rings (SSSR count). The number of hydrogen-bond acceptors (Lipinski definition) is 1. The van der Waals surface area contributed by atoms with Crippen molar-refractivity contribution >= 4 is 0 Å². The molecule has 0 aromatic carbocycles. The van der Waals surface area contributed by atoms with Crippen LogP contribution in [0, 0.1) is 12.3 Å². The van der Waals surface area contributed by atoms with E-state index in [2.05, 4.69) is 41.2 Å². The Balaban J connectivity index is 2.15. The number of terminal acetylenes is 1. The van der Waals surface area contributed by atoms with Crippen LogP contribution in [-0.2, 0) is 13.1 Å². The summed E-state index contributed by atoms with van der Waals surface area (Å²) in [7, 11) is 0. The molecule has 0 saturated heterocycles. The molecule has 0 saturated carbocycles. The largest absolute Gasteiger partial charge is 0.354 e. The fourth-order valence-corrected chi connectivity index (χ4v) is 1.34. The second-order valence-corrected chi connectivity index (χ2v) is 3.33. The van der Waals surface area contributed by atoms with Gasteiger partial charge in [0.15, 0.2) is 0 Å². The molecule has 0 unspecified atom stereocenters. The zero-order valence-corrected chi connectivity index (χ0v) is 8.79. The van der Waals surface area contributed by atoms with E-state index in [-0.39, 0.29) is 0 Å². The van der Waals surface area contributed by atoms with Gasteiger partial charge in [-0.05, 0) is 31.5 Å². The van der Waals surface area contributed by atoms with Gasteiger partial charge in [0.05, 0.1) is 0 Å². The molecule has 1 N–H and O–H groups in total. The van der Waals surface area contributed by atoms with Crippen molar-refractivity contribution in [2.45, 2.75) is 32.9 Å². The highest BCUT2D eigenvalue weighted by atomic mass is 14.9. The summed E-state index contributed by atoms with van der Waals surface area (Å²) in [6, 6.07) is 2.15. The minimum Gasteiger partial charge on any atom is -0.354 e. The number of aryl methyl sites for hydroxylation is 1. The highest BCUT2D eigenvalue weighted by Gasteiger charge is 1.94. The van der Waals surface area contributed by atoms with E-state index in [0.717, 1.165) is 32.5 Å². The van der Waals surface area contributed by atoms with E-state index in [1.807, 2.05) is 0 Å². The van der Waals surface area contributed by atoms with Crippen LogP contribution in [0.25, 0.3) is 0 Å². The summed E-state index contributed by atoms with van der Waals surface area (Å²) in [6.07, 6.45) is 11.4. The van der Waals surface area contributed by atoms with Gasteiger partial charge in [0, 0.05) is 31.9 Å². The van der Waals surface area contributed by atoms with Crippen molar-refractivity contribution in [1.29, 1.82) is 0 Å². The first-order chi connectivity index (χ1) is 6.86. The lowest BCUT2D eigenvalue weighted by atomic mass is 10.3. The van der Waals surface area contributed by atoms with Gasteiger partial charge in [0.25, 0.3) is 0 Å². The minimum atomic E-state index is 0.864. The summed E-state index contributed by atoms with van der Waals surface area (Å²) in [5.74, 6) is 2.64. The van der Waals surface area contributed by atoms with Crippen LogP contribution in [0.4, 0.5) is 0 Å². The fraction of sp³-hybridized carbons (Fsp3) is 0.500. The summed E-state index contributed by atoms with van der Waals surface area (Å²) in [6.45, 7) is 5.13. The Morgan fingerprint density at radius 3 is 3.07 bits per heavy atom. The molecule has 0 amide bonds. The summed E-state index contributed by atoms with van der Waals surface area (Å²) >= 11 is 0. The van der Waals surface area contributed by atoms with Crippen LogP contribution in [0.5, 0.6) is 0 Å². The standard InChI is InChI=1S/C12H18N2/c1-3-5-6-8-13-10-12-7-9-14(4-2)11-12/h1,7,9,11,13H,4-6,8,10H2,2H3. The van der Waals surface area contributed by atoms with Crippen LogP contribution < -0.4 is 5.32 Å². The van der Waals surface area contributed by atoms with Crippen LogP contribution in [0.3, 0.4) is 0 Å². The van der Waals surface area contributed by atoms with Crippen LogP contribution in [-0.4, -0.2) is 11.1 Å². The number of nitrogens with zero attached hydrogens (tertiary/aromatic N) is 1. The van der Waals surface area contributed by atoms with Gasteiger partial charge in [-0.3, -0.25) is 0 Å². The second kappa shape index (κ2) is 6.28. The number of aromatic nitrogens is 1. The third kappa shape index (κ3) is 3.68. The van der Waals surface area contributed by atoms with Gasteiger partial charge >= 0.3 is 0 Å². The maximum absolute atomic E-state index is 5.16.